The third-order valence-electron chi connectivity index (χ3n) is 1.76. The van der Waals surface area contributed by atoms with Crippen LogP contribution in [0.3, 0.4) is 0 Å². The Morgan fingerprint density at radius 3 is 2.67 bits per heavy atom. The molecule has 2 atom stereocenters. The Morgan fingerprint density at radius 2 is 2.22 bits per heavy atom. The van der Waals surface area contributed by atoms with Crippen molar-refractivity contribution in [2.45, 2.75) is 32.0 Å². The van der Waals surface area contributed by atoms with Gasteiger partial charge in [-0.1, -0.05) is 6.08 Å². The zero-order valence-corrected chi connectivity index (χ0v) is 5.54. The molecular formula is C7H12O2. The summed E-state index contributed by atoms with van der Waals surface area (Å²) in [5.41, 5.74) is 0.897. The molecule has 0 spiro atoms. The summed E-state index contributed by atoms with van der Waals surface area (Å²) in [7, 11) is 0. The van der Waals surface area contributed by atoms with Crippen LogP contribution in [-0.4, -0.2) is 22.4 Å². The minimum Gasteiger partial charge on any atom is -0.390 e. The number of allylic oxidation sites excluding steroid dienone is 1. The van der Waals surface area contributed by atoms with Crippen molar-refractivity contribution in [2.75, 3.05) is 0 Å². The first-order chi connectivity index (χ1) is 4.22. The minimum absolute atomic E-state index is 0.532. The van der Waals surface area contributed by atoms with Crippen molar-refractivity contribution in [2.24, 2.45) is 0 Å². The fourth-order valence-electron chi connectivity index (χ4n) is 1.06. The summed E-state index contributed by atoms with van der Waals surface area (Å²) >= 11 is 0. The van der Waals surface area contributed by atoms with E-state index in [1.54, 1.807) is 0 Å². The third kappa shape index (κ3) is 1.32. The van der Waals surface area contributed by atoms with Crippen molar-refractivity contribution in [3.05, 3.63) is 11.6 Å². The molecular weight excluding hydrogens is 116 g/mol. The molecule has 0 fully saturated rings. The molecule has 9 heavy (non-hydrogen) atoms. The van der Waals surface area contributed by atoms with Gasteiger partial charge in [0.1, 0.15) is 6.10 Å². The number of hydrogen-bond acceptors (Lipinski definition) is 2. The van der Waals surface area contributed by atoms with Crippen LogP contribution in [0.5, 0.6) is 0 Å². The van der Waals surface area contributed by atoms with Gasteiger partial charge in [-0.25, -0.2) is 0 Å². The number of rotatable bonds is 0. The molecule has 0 heterocycles. The van der Waals surface area contributed by atoms with Crippen LogP contribution in [0.4, 0.5) is 0 Å². The van der Waals surface area contributed by atoms with Gasteiger partial charge in [0.25, 0.3) is 0 Å². The Kier molecular flexibility index (Phi) is 1.88. The highest BCUT2D eigenvalue weighted by Gasteiger charge is 2.20. The van der Waals surface area contributed by atoms with E-state index in [1.807, 2.05) is 13.0 Å². The zero-order chi connectivity index (χ0) is 6.85. The maximum Gasteiger partial charge on any atom is 0.101 e. The van der Waals surface area contributed by atoms with E-state index in [9.17, 15) is 0 Å². The Balaban J connectivity index is 2.62. The van der Waals surface area contributed by atoms with Crippen LogP contribution in [0, 0.1) is 0 Å². The molecule has 1 aliphatic rings. The lowest BCUT2D eigenvalue weighted by atomic mass is 9.95. The molecule has 52 valence electrons. The molecule has 0 amide bonds. The highest BCUT2D eigenvalue weighted by atomic mass is 16.3. The van der Waals surface area contributed by atoms with Crippen LogP contribution >= 0.6 is 0 Å². The highest BCUT2D eigenvalue weighted by Crippen LogP contribution is 2.17. The van der Waals surface area contributed by atoms with Crippen molar-refractivity contribution < 1.29 is 10.2 Å². The van der Waals surface area contributed by atoms with E-state index in [0.29, 0.717) is 6.42 Å². The van der Waals surface area contributed by atoms with E-state index in [0.717, 1.165) is 12.0 Å². The molecule has 1 rings (SSSR count). The molecule has 0 saturated heterocycles. The molecule has 0 unspecified atom stereocenters. The Bertz CT molecular complexity index is 129. The molecule has 2 heteroatoms. The largest absolute Gasteiger partial charge is 0.390 e. The first-order valence-electron chi connectivity index (χ1n) is 3.24. The van der Waals surface area contributed by atoms with Crippen molar-refractivity contribution in [1.29, 1.82) is 0 Å². The lowest BCUT2D eigenvalue weighted by Crippen LogP contribution is -2.29. The highest BCUT2D eigenvalue weighted by molar-refractivity contribution is 5.10. The first kappa shape index (κ1) is 6.78. The molecule has 0 aromatic carbocycles. The van der Waals surface area contributed by atoms with Gasteiger partial charge in [0.15, 0.2) is 0 Å². The van der Waals surface area contributed by atoms with Gasteiger partial charge in [0.2, 0.25) is 0 Å². The molecule has 0 saturated carbocycles. The van der Waals surface area contributed by atoms with Crippen molar-refractivity contribution in [3.8, 4) is 0 Å². The van der Waals surface area contributed by atoms with Gasteiger partial charge in [-0.15, -0.1) is 0 Å². The normalized spacial score (nSPS) is 36.1. The van der Waals surface area contributed by atoms with E-state index in [4.69, 9.17) is 10.2 Å². The third-order valence-corrected chi connectivity index (χ3v) is 1.76. The summed E-state index contributed by atoms with van der Waals surface area (Å²) in [6, 6.07) is 0. The van der Waals surface area contributed by atoms with Gasteiger partial charge in [0.05, 0.1) is 6.10 Å². The SMILES string of the molecule is CC1=CCC[C@@H](O)[C@H]1O. The topological polar surface area (TPSA) is 40.5 Å². The summed E-state index contributed by atoms with van der Waals surface area (Å²) in [5.74, 6) is 0. The average Bonchev–Trinajstić information content (AvgIpc) is 1.83. The Morgan fingerprint density at radius 1 is 1.56 bits per heavy atom. The summed E-state index contributed by atoms with van der Waals surface area (Å²) in [6.45, 7) is 1.84. The maximum atomic E-state index is 9.13. The lowest BCUT2D eigenvalue weighted by molar-refractivity contribution is 0.0315. The predicted molar refractivity (Wildman–Crippen MR) is 35.0 cm³/mol. The number of hydrogen-bond donors (Lipinski definition) is 2. The van der Waals surface area contributed by atoms with Crippen LogP contribution in [-0.2, 0) is 0 Å². The smallest absolute Gasteiger partial charge is 0.101 e. The van der Waals surface area contributed by atoms with Gasteiger partial charge in [-0.2, -0.15) is 0 Å². The zero-order valence-electron chi connectivity index (χ0n) is 5.54. The summed E-state index contributed by atoms with van der Waals surface area (Å²) < 4.78 is 0. The molecule has 0 aromatic rings. The van der Waals surface area contributed by atoms with Crippen LogP contribution in [0.25, 0.3) is 0 Å². The van der Waals surface area contributed by atoms with Crippen molar-refractivity contribution in [3.63, 3.8) is 0 Å². The fourth-order valence-corrected chi connectivity index (χ4v) is 1.06. The first-order valence-corrected chi connectivity index (χ1v) is 3.24. The quantitative estimate of drug-likeness (QED) is 0.465. The Labute approximate surface area is 54.8 Å². The van der Waals surface area contributed by atoms with E-state index in [2.05, 4.69) is 0 Å². The van der Waals surface area contributed by atoms with Crippen LogP contribution < -0.4 is 0 Å². The van der Waals surface area contributed by atoms with Gasteiger partial charge in [-0.05, 0) is 25.3 Å². The van der Waals surface area contributed by atoms with E-state index >= 15 is 0 Å². The average molecular weight is 128 g/mol. The maximum absolute atomic E-state index is 9.13. The second-order valence-corrected chi connectivity index (χ2v) is 2.54. The lowest BCUT2D eigenvalue weighted by Gasteiger charge is -2.22. The predicted octanol–water partition coefficient (Wildman–Crippen LogP) is 0.448. The second-order valence-electron chi connectivity index (χ2n) is 2.54. The summed E-state index contributed by atoms with van der Waals surface area (Å²) in [5, 5.41) is 18.2. The summed E-state index contributed by atoms with van der Waals surface area (Å²) in [6.07, 6.45) is 2.41. The number of aliphatic hydroxyl groups excluding tert-OH is 2. The number of aliphatic hydroxyl groups is 2. The van der Waals surface area contributed by atoms with E-state index < -0.39 is 12.2 Å². The monoisotopic (exact) mass is 128 g/mol. The van der Waals surface area contributed by atoms with Crippen molar-refractivity contribution in [1.82, 2.24) is 0 Å². The minimum atomic E-state index is -0.612. The molecule has 0 aromatic heterocycles. The van der Waals surface area contributed by atoms with Gasteiger partial charge >= 0.3 is 0 Å². The summed E-state index contributed by atoms with van der Waals surface area (Å²) in [4.78, 5) is 0. The fraction of sp³-hybridized carbons (Fsp3) is 0.714. The molecule has 1 aliphatic carbocycles. The molecule has 2 N–H and O–H groups in total. The van der Waals surface area contributed by atoms with Gasteiger partial charge in [0, 0.05) is 0 Å². The van der Waals surface area contributed by atoms with Gasteiger partial charge in [-0.3, -0.25) is 0 Å². The Hall–Kier alpha value is -0.340. The van der Waals surface area contributed by atoms with Crippen LogP contribution in [0.15, 0.2) is 11.6 Å². The van der Waals surface area contributed by atoms with E-state index in [1.165, 1.54) is 0 Å². The molecule has 0 radical (unpaired) electrons. The van der Waals surface area contributed by atoms with Crippen LogP contribution in [0.2, 0.25) is 0 Å². The molecule has 2 nitrogen and oxygen atoms in total. The molecule has 0 bridgehead atoms. The standard InChI is InChI=1S/C7H12O2/c1-5-3-2-4-6(8)7(5)9/h3,6-9H,2,4H2,1H3/t6-,7+/m1/s1. The van der Waals surface area contributed by atoms with Crippen molar-refractivity contribution >= 4 is 0 Å². The van der Waals surface area contributed by atoms with Crippen LogP contribution in [0.1, 0.15) is 19.8 Å². The van der Waals surface area contributed by atoms with Gasteiger partial charge < -0.3 is 10.2 Å². The second kappa shape index (κ2) is 2.50. The molecule has 0 aliphatic heterocycles. The van der Waals surface area contributed by atoms with E-state index in [-0.39, 0.29) is 0 Å².